The van der Waals surface area contributed by atoms with E-state index in [2.05, 4.69) is 0 Å². The van der Waals surface area contributed by atoms with Crippen molar-refractivity contribution < 1.29 is 23.1 Å². The van der Waals surface area contributed by atoms with Gasteiger partial charge >= 0.3 is 6.18 Å². The number of phenols is 1. The molecule has 0 aromatic heterocycles. The number of benzene rings is 1. The van der Waals surface area contributed by atoms with Crippen molar-refractivity contribution in [1.29, 1.82) is 0 Å². The van der Waals surface area contributed by atoms with Crippen molar-refractivity contribution in [2.24, 2.45) is 0 Å². The summed E-state index contributed by atoms with van der Waals surface area (Å²) in [6.07, 6.45) is -4.87. The molecule has 1 aromatic rings. The summed E-state index contributed by atoms with van der Waals surface area (Å²) < 4.78 is 37.7. The fourth-order valence-corrected chi connectivity index (χ4v) is 1.46. The van der Waals surface area contributed by atoms with Crippen molar-refractivity contribution in [3.8, 4) is 5.75 Å². The van der Waals surface area contributed by atoms with Crippen LogP contribution in [-0.2, 0) is 6.18 Å². The highest BCUT2D eigenvalue weighted by Gasteiger charge is 2.39. The van der Waals surface area contributed by atoms with Gasteiger partial charge in [-0.2, -0.15) is 13.2 Å². The molecule has 16 heavy (non-hydrogen) atoms. The quantitative estimate of drug-likeness (QED) is 0.661. The van der Waals surface area contributed by atoms with E-state index in [0.29, 0.717) is 0 Å². The SMILES string of the molecule is O=C(CCl)c1ccc(Cl)c(O)c1C(F)(F)F. The van der Waals surface area contributed by atoms with Crippen LogP contribution in [0.15, 0.2) is 12.1 Å². The van der Waals surface area contributed by atoms with Crippen molar-refractivity contribution in [1.82, 2.24) is 0 Å². The van der Waals surface area contributed by atoms with Crippen LogP contribution in [0.4, 0.5) is 13.2 Å². The molecule has 0 unspecified atom stereocenters. The standard InChI is InChI=1S/C9H5Cl2F3O2/c10-3-6(15)4-1-2-5(11)8(16)7(4)9(12,13)14/h1-2,16H,3H2. The fourth-order valence-electron chi connectivity index (χ4n) is 1.16. The lowest BCUT2D eigenvalue weighted by Gasteiger charge is -2.13. The number of halogens is 5. The van der Waals surface area contributed by atoms with Gasteiger partial charge in [0, 0.05) is 5.56 Å². The largest absolute Gasteiger partial charge is 0.506 e. The van der Waals surface area contributed by atoms with E-state index in [9.17, 15) is 23.1 Å². The van der Waals surface area contributed by atoms with E-state index >= 15 is 0 Å². The second-order valence-corrected chi connectivity index (χ2v) is 3.55. The Hall–Kier alpha value is -0.940. The molecule has 0 bridgehead atoms. The first-order valence-corrected chi connectivity index (χ1v) is 4.88. The Kier molecular flexibility index (Phi) is 3.70. The normalized spacial score (nSPS) is 11.6. The Morgan fingerprint density at radius 3 is 2.38 bits per heavy atom. The van der Waals surface area contributed by atoms with E-state index in [-0.39, 0.29) is 0 Å². The van der Waals surface area contributed by atoms with Gasteiger partial charge < -0.3 is 5.11 Å². The van der Waals surface area contributed by atoms with E-state index in [1.807, 2.05) is 0 Å². The summed E-state index contributed by atoms with van der Waals surface area (Å²) in [5.41, 5.74) is -2.14. The molecule has 0 amide bonds. The minimum Gasteiger partial charge on any atom is -0.506 e. The lowest BCUT2D eigenvalue weighted by molar-refractivity contribution is -0.139. The van der Waals surface area contributed by atoms with E-state index in [4.69, 9.17) is 23.2 Å². The number of hydrogen-bond acceptors (Lipinski definition) is 2. The average molecular weight is 273 g/mol. The summed E-state index contributed by atoms with van der Waals surface area (Å²) in [4.78, 5) is 11.2. The highest BCUT2D eigenvalue weighted by Crippen LogP contribution is 2.41. The van der Waals surface area contributed by atoms with E-state index in [1.165, 1.54) is 0 Å². The lowest BCUT2D eigenvalue weighted by Crippen LogP contribution is -2.14. The summed E-state index contributed by atoms with van der Waals surface area (Å²) in [6, 6.07) is 1.89. The number of phenolic OH excluding ortho intramolecular Hbond substituents is 1. The molecule has 0 radical (unpaired) electrons. The Balaban J connectivity index is 3.52. The maximum absolute atomic E-state index is 12.6. The Morgan fingerprint density at radius 2 is 1.94 bits per heavy atom. The maximum Gasteiger partial charge on any atom is 0.420 e. The Labute approximate surface area is 98.6 Å². The van der Waals surface area contributed by atoms with Gasteiger partial charge in [0.1, 0.15) is 11.3 Å². The van der Waals surface area contributed by atoms with Crippen LogP contribution in [0, 0.1) is 0 Å². The molecular weight excluding hydrogens is 268 g/mol. The van der Waals surface area contributed by atoms with Crippen LogP contribution in [0.3, 0.4) is 0 Å². The predicted molar refractivity (Wildman–Crippen MR) is 53.2 cm³/mol. The van der Waals surface area contributed by atoms with Crippen LogP contribution >= 0.6 is 23.2 Å². The van der Waals surface area contributed by atoms with Gasteiger partial charge in [0.05, 0.1) is 10.9 Å². The molecule has 7 heteroatoms. The molecule has 0 spiro atoms. The molecule has 0 saturated carbocycles. The van der Waals surface area contributed by atoms with Gasteiger partial charge in [0.15, 0.2) is 5.78 Å². The zero-order chi connectivity index (χ0) is 12.5. The van der Waals surface area contributed by atoms with Crippen molar-refractivity contribution in [3.05, 3.63) is 28.3 Å². The number of carbonyl (C=O) groups excluding carboxylic acids is 1. The van der Waals surface area contributed by atoms with Crippen LogP contribution in [0.2, 0.25) is 5.02 Å². The molecule has 0 fully saturated rings. The number of aromatic hydroxyl groups is 1. The van der Waals surface area contributed by atoms with Gasteiger partial charge in [-0.15, -0.1) is 11.6 Å². The molecule has 0 saturated heterocycles. The van der Waals surface area contributed by atoms with Gasteiger partial charge in [-0.25, -0.2) is 0 Å². The highest BCUT2D eigenvalue weighted by atomic mass is 35.5. The molecule has 0 aliphatic heterocycles. The number of rotatable bonds is 2. The summed E-state index contributed by atoms with van der Waals surface area (Å²) in [6.45, 7) is 0. The number of hydrogen-bond donors (Lipinski definition) is 1. The summed E-state index contributed by atoms with van der Waals surface area (Å²) >= 11 is 10.5. The second-order valence-electron chi connectivity index (χ2n) is 2.87. The van der Waals surface area contributed by atoms with Crippen molar-refractivity contribution in [2.75, 3.05) is 5.88 Å². The lowest BCUT2D eigenvalue weighted by atomic mass is 10.0. The Morgan fingerprint density at radius 1 is 1.38 bits per heavy atom. The topological polar surface area (TPSA) is 37.3 Å². The molecule has 1 aromatic carbocycles. The van der Waals surface area contributed by atoms with Crippen molar-refractivity contribution in [3.63, 3.8) is 0 Å². The minimum absolute atomic E-state index is 0.474. The summed E-state index contributed by atoms with van der Waals surface area (Å²) in [5.74, 6) is -2.70. The smallest absolute Gasteiger partial charge is 0.420 e. The van der Waals surface area contributed by atoms with Crippen molar-refractivity contribution >= 4 is 29.0 Å². The van der Waals surface area contributed by atoms with Gasteiger partial charge in [-0.05, 0) is 12.1 Å². The molecule has 0 aliphatic rings. The molecule has 88 valence electrons. The molecule has 0 aliphatic carbocycles. The Bertz CT molecular complexity index is 429. The van der Waals surface area contributed by atoms with Gasteiger partial charge in [0.25, 0.3) is 0 Å². The molecule has 2 nitrogen and oxygen atoms in total. The van der Waals surface area contributed by atoms with Gasteiger partial charge in [-0.3, -0.25) is 4.79 Å². The summed E-state index contributed by atoms with van der Waals surface area (Å²) in [5, 5.41) is 8.74. The van der Waals surface area contributed by atoms with Crippen LogP contribution in [-0.4, -0.2) is 16.8 Å². The third-order valence-corrected chi connectivity index (χ3v) is 2.38. The van der Waals surface area contributed by atoms with Crippen LogP contribution in [0.5, 0.6) is 5.75 Å². The maximum atomic E-state index is 12.6. The van der Waals surface area contributed by atoms with E-state index in [1.54, 1.807) is 0 Å². The third kappa shape index (κ3) is 2.41. The molecule has 0 heterocycles. The molecule has 0 atom stereocenters. The monoisotopic (exact) mass is 272 g/mol. The predicted octanol–water partition coefficient (Wildman–Crippen LogP) is 3.49. The summed E-state index contributed by atoms with van der Waals surface area (Å²) in [7, 11) is 0. The number of carbonyl (C=O) groups is 1. The van der Waals surface area contributed by atoms with Gasteiger partial charge in [0.2, 0.25) is 0 Å². The molecule has 1 rings (SSSR count). The van der Waals surface area contributed by atoms with Crippen LogP contribution in [0.25, 0.3) is 0 Å². The van der Waals surface area contributed by atoms with Crippen LogP contribution in [0.1, 0.15) is 15.9 Å². The van der Waals surface area contributed by atoms with Crippen molar-refractivity contribution in [2.45, 2.75) is 6.18 Å². The molecular formula is C9H5Cl2F3O2. The fraction of sp³-hybridized carbons (Fsp3) is 0.222. The number of alkyl halides is 4. The first kappa shape index (κ1) is 13.1. The average Bonchev–Trinajstić information content (AvgIpc) is 2.18. The van der Waals surface area contributed by atoms with Crippen LogP contribution < -0.4 is 0 Å². The number of ketones is 1. The zero-order valence-electron chi connectivity index (χ0n) is 7.61. The number of Topliss-reactive ketones (excluding diaryl/α,β-unsaturated/α-hetero) is 1. The first-order valence-electron chi connectivity index (χ1n) is 3.97. The third-order valence-electron chi connectivity index (χ3n) is 1.83. The minimum atomic E-state index is -4.87. The van der Waals surface area contributed by atoms with Gasteiger partial charge in [-0.1, -0.05) is 11.6 Å². The second kappa shape index (κ2) is 4.51. The first-order chi connectivity index (χ1) is 7.29. The molecule has 1 N–H and O–H groups in total. The zero-order valence-corrected chi connectivity index (χ0v) is 9.12. The van der Waals surface area contributed by atoms with E-state index < -0.39 is 39.7 Å². The highest BCUT2D eigenvalue weighted by molar-refractivity contribution is 6.33. The van der Waals surface area contributed by atoms with E-state index in [0.717, 1.165) is 12.1 Å².